The molecule has 0 fully saturated rings. The van der Waals surface area contributed by atoms with Crippen LogP contribution in [0.2, 0.25) is 0 Å². The Morgan fingerprint density at radius 2 is 1.79 bits per heavy atom. The van der Waals surface area contributed by atoms with E-state index in [1.807, 2.05) is 42.5 Å². The Hall–Kier alpha value is -3.47. The summed E-state index contributed by atoms with van der Waals surface area (Å²) >= 11 is 0. The van der Waals surface area contributed by atoms with Gasteiger partial charge >= 0.3 is 0 Å². The molecule has 0 spiro atoms. The Labute approximate surface area is 164 Å². The maximum absolute atomic E-state index is 12.9. The second kappa shape index (κ2) is 9.46. The topological polar surface area (TPSA) is 59.5 Å². The van der Waals surface area contributed by atoms with Gasteiger partial charge in [0.05, 0.1) is 13.7 Å². The molecule has 0 saturated carbocycles. The molecule has 5 nitrogen and oxygen atoms in total. The number of ether oxygens (including phenoxy) is 1. The van der Waals surface area contributed by atoms with Crippen LogP contribution in [0.25, 0.3) is 0 Å². The van der Waals surface area contributed by atoms with Crippen molar-refractivity contribution in [3.63, 3.8) is 0 Å². The van der Waals surface area contributed by atoms with Crippen LogP contribution < -0.4 is 9.64 Å². The third-order valence-electron chi connectivity index (χ3n) is 4.39. The normalized spacial score (nSPS) is 10.3. The molecule has 2 aromatic carbocycles. The van der Waals surface area contributed by atoms with Crippen molar-refractivity contribution in [2.45, 2.75) is 19.4 Å². The third-order valence-corrected chi connectivity index (χ3v) is 4.39. The van der Waals surface area contributed by atoms with Crippen molar-refractivity contribution in [1.82, 2.24) is 4.98 Å². The molecule has 0 aliphatic carbocycles. The van der Waals surface area contributed by atoms with E-state index in [1.165, 1.54) is 0 Å². The highest BCUT2D eigenvalue weighted by atomic mass is 16.5. The number of benzene rings is 2. The number of amides is 1. The summed E-state index contributed by atoms with van der Waals surface area (Å²) in [6, 6.07) is 20.2. The average molecular weight is 374 g/mol. The number of methoxy groups -OCH3 is 1. The number of anilines is 1. The van der Waals surface area contributed by atoms with Gasteiger partial charge in [-0.05, 0) is 35.9 Å². The predicted octanol–water partition coefficient (Wildman–Crippen LogP) is 4.29. The van der Waals surface area contributed by atoms with Gasteiger partial charge < -0.3 is 9.64 Å². The van der Waals surface area contributed by atoms with Crippen LogP contribution in [0.4, 0.5) is 5.69 Å². The summed E-state index contributed by atoms with van der Waals surface area (Å²) in [4.78, 5) is 31.2. The molecule has 0 radical (unpaired) electrons. The zero-order valence-corrected chi connectivity index (χ0v) is 15.7. The first-order valence-corrected chi connectivity index (χ1v) is 9.09. The molecule has 0 bridgehead atoms. The second-order valence-electron chi connectivity index (χ2n) is 6.33. The lowest BCUT2D eigenvalue weighted by molar-refractivity contribution is -0.118. The van der Waals surface area contributed by atoms with Crippen LogP contribution in [0.5, 0.6) is 5.75 Å². The van der Waals surface area contributed by atoms with Crippen molar-refractivity contribution in [2.24, 2.45) is 0 Å². The number of aromatic nitrogens is 1. The first-order chi connectivity index (χ1) is 13.7. The lowest BCUT2D eigenvalue weighted by Crippen LogP contribution is -2.30. The molecule has 0 unspecified atom stereocenters. The van der Waals surface area contributed by atoms with E-state index in [0.717, 1.165) is 11.3 Å². The second-order valence-corrected chi connectivity index (χ2v) is 6.33. The highest BCUT2D eigenvalue weighted by Gasteiger charge is 2.18. The van der Waals surface area contributed by atoms with Gasteiger partial charge in [-0.3, -0.25) is 14.6 Å². The fourth-order valence-electron chi connectivity index (χ4n) is 2.90. The number of carbonyl (C=O) groups excluding carboxylic acids is 2. The molecule has 3 rings (SSSR count). The molecular weight excluding hydrogens is 352 g/mol. The van der Waals surface area contributed by atoms with E-state index in [1.54, 1.807) is 48.7 Å². The van der Waals surface area contributed by atoms with E-state index in [0.29, 0.717) is 17.9 Å². The lowest BCUT2D eigenvalue weighted by atomic mass is 10.1. The minimum Gasteiger partial charge on any atom is -0.497 e. The zero-order chi connectivity index (χ0) is 19.8. The summed E-state index contributed by atoms with van der Waals surface area (Å²) in [6.45, 7) is 0.407. The van der Waals surface area contributed by atoms with Gasteiger partial charge in [-0.1, -0.05) is 36.4 Å². The maximum Gasteiger partial charge on any atom is 0.227 e. The van der Waals surface area contributed by atoms with Crippen LogP contribution in [-0.4, -0.2) is 23.8 Å². The Kier molecular flexibility index (Phi) is 6.52. The average Bonchev–Trinajstić information content (AvgIpc) is 2.77. The summed E-state index contributed by atoms with van der Waals surface area (Å²) in [6.07, 6.45) is 3.71. The number of ketones is 1. The molecule has 1 aromatic heterocycles. The largest absolute Gasteiger partial charge is 0.497 e. The van der Waals surface area contributed by atoms with Crippen LogP contribution in [-0.2, 0) is 11.3 Å². The summed E-state index contributed by atoms with van der Waals surface area (Å²) in [5.41, 5.74) is 2.27. The van der Waals surface area contributed by atoms with E-state index in [-0.39, 0.29) is 24.5 Å². The minimum absolute atomic E-state index is 0.0818. The molecule has 3 aromatic rings. The number of Topliss-reactive ketones (excluding diaryl/α,β-unsaturated/α-hetero) is 1. The summed E-state index contributed by atoms with van der Waals surface area (Å²) in [7, 11) is 1.56. The SMILES string of the molecule is COc1cccc(C(=O)CCC(=O)N(Cc2cccnc2)c2ccccc2)c1. The van der Waals surface area contributed by atoms with Gasteiger partial charge in [0, 0.05) is 36.5 Å². The standard InChI is InChI=1S/C23H22N2O3/c1-28-21-11-5-8-19(15-21)22(26)12-13-23(27)25(20-9-3-2-4-10-20)17-18-7-6-14-24-16-18/h2-11,14-16H,12-13,17H2,1H3. The molecule has 0 saturated heterocycles. The monoisotopic (exact) mass is 374 g/mol. The molecule has 0 aliphatic heterocycles. The first kappa shape index (κ1) is 19.3. The fraction of sp³-hybridized carbons (Fsp3) is 0.174. The van der Waals surface area contributed by atoms with Gasteiger partial charge in [-0.15, -0.1) is 0 Å². The molecule has 28 heavy (non-hydrogen) atoms. The molecule has 0 aliphatic rings. The van der Waals surface area contributed by atoms with Gasteiger partial charge in [0.15, 0.2) is 5.78 Å². The highest BCUT2D eigenvalue weighted by molar-refractivity contribution is 6.01. The maximum atomic E-state index is 12.9. The summed E-state index contributed by atoms with van der Waals surface area (Å²) < 4.78 is 5.16. The molecule has 0 atom stereocenters. The molecular formula is C23H22N2O3. The predicted molar refractivity (Wildman–Crippen MR) is 108 cm³/mol. The Morgan fingerprint density at radius 3 is 2.50 bits per heavy atom. The lowest BCUT2D eigenvalue weighted by Gasteiger charge is -2.23. The van der Waals surface area contributed by atoms with E-state index >= 15 is 0 Å². The van der Waals surface area contributed by atoms with Crippen molar-refractivity contribution in [3.05, 3.63) is 90.3 Å². The van der Waals surface area contributed by atoms with E-state index in [4.69, 9.17) is 4.74 Å². The van der Waals surface area contributed by atoms with Gasteiger partial charge in [0.2, 0.25) is 5.91 Å². The van der Waals surface area contributed by atoms with Crippen molar-refractivity contribution in [2.75, 3.05) is 12.0 Å². The smallest absolute Gasteiger partial charge is 0.227 e. The number of hydrogen-bond acceptors (Lipinski definition) is 4. The van der Waals surface area contributed by atoms with Gasteiger partial charge in [-0.2, -0.15) is 0 Å². The van der Waals surface area contributed by atoms with Crippen LogP contribution >= 0.6 is 0 Å². The van der Waals surface area contributed by atoms with Gasteiger partial charge in [0.1, 0.15) is 5.75 Å². The Bertz CT molecular complexity index is 927. The number of hydrogen-bond donors (Lipinski definition) is 0. The highest BCUT2D eigenvalue weighted by Crippen LogP contribution is 2.20. The van der Waals surface area contributed by atoms with Crippen molar-refractivity contribution >= 4 is 17.4 Å². The quantitative estimate of drug-likeness (QED) is 0.552. The van der Waals surface area contributed by atoms with E-state index in [2.05, 4.69) is 4.98 Å². The molecule has 142 valence electrons. The number of nitrogens with zero attached hydrogens (tertiary/aromatic N) is 2. The Morgan fingerprint density at radius 1 is 0.964 bits per heavy atom. The summed E-state index contributed by atoms with van der Waals surface area (Å²) in [5.74, 6) is 0.438. The third kappa shape index (κ3) is 5.04. The van der Waals surface area contributed by atoms with E-state index < -0.39 is 0 Å². The number of rotatable bonds is 8. The van der Waals surface area contributed by atoms with Crippen molar-refractivity contribution in [1.29, 1.82) is 0 Å². The first-order valence-electron chi connectivity index (χ1n) is 9.09. The molecule has 1 amide bonds. The molecule has 0 N–H and O–H groups in total. The van der Waals surface area contributed by atoms with Crippen molar-refractivity contribution < 1.29 is 14.3 Å². The number of para-hydroxylation sites is 1. The van der Waals surface area contributed by atoms with Crippen LogP contribution in [0.3, 0.4) is 0 Å². The van der Waals surface area contributed by atoms with Crippen molar-refractivity contribution in [3.8, 4) is 5.75 Å². The van der Waals surface area contributed by atoms with Crippen LogP contribution in [0, 0.1) is 0 Å². The van der Waals surface area contributed by atoms with Gasteiger partial charge in [-0.25, -0.2) is 0 Å². The van der Waals surface area contributed by atoms with E-state index in [9.17, 15) is 9.59 Å². The van der Waals surface area contributed by atoms with Crippen LogP contribution in [0.1, 0.15) is 28.8 Å². The molecule has 5 heteroatoms. The summed E-state index contributed by atoms with van der Waals surface area (Å²) in [5, 5.41) is 0. The Balaban J connectivity index is 1.71. The zero-order valence-electron chi connectivity index (χ0n) is 15.7. The fourth-order valence-corrected chi connectivity index (χ4v) is 2.90. The minimum atomic E-state index is -0.105. The number of pyridine rings is 1. The molecule has 1 heterocycles. The number of carbonyl (C=O) groups is 2. The van der Waals surface area contributed by atoms with Gasteiger partial charge in [0.25, 0.3) is 0 Å². The van der Waals surface area contributed by atoms with Crippen LogP contribution in [0.15, 0.2) is 79.1 Å².